The van der Waals surface area contributed by atoms with Gasteiger partial charge in [-0.25, -0.2) is 8.78 Å². The van der Waals surface area contributed by atoms with Crippen LogP contribution in [0.15, 0.2) is 0 Å². The van der Waals surface area contributed by atoms with Crippen molar-refractivity contribution in [3.8, 4) is 0 Å². The van der Waals surface area contributed by atoms with Gasteiger partial charge in [0, 0.05) is 0 Å². The van der Waals surface area contributed by atoms with E-state index in [9.17, 15) is 8.78 Å². The SMILES string of the molecule is CC1CCN(CC(F)F)CC1.CCC. The summed E-state index contributed by atoms with van der Waals surface area (Å²) in [4.78, 5) is 1.85. The lowest BCUT2D eigenvalue weighted by molar-refractivity contribution is 0.0709. The van der Waals surface area contributed by atoms with Gasteiger partial charge in [-0.2, -0.15) is 0 Å². The number of piperidine rings is 1. The highest BCUT2D eigenvalue weighted by atomic mass is 19.3. The Labute approximate surface area is 86.5 Å². The van der Waals surface area contributed by atoms with Gasteiger partial charge in [0.2, 0.25) is 0 Å². The van der Waals surface area contributed by atoms with Crippen LogP contribution in [0.1, 0.15) is 40.0 Å². The lowest BCUT2D eigenvalue weighted by Crippen LogP contribution is -2.36. The second-order valence-electron chi connectivity index (χ2n) is 4.08. The van der Waals surface area contributed by atoms with Crippen LogP contribution >= 0.6 is 0 Å². The van der Waals surface area contributed by atoms with Crippen LogP contribution in [0.3, 0.4) is 0 Å². The van der Waals surface area contributed by atoms with E-state index >= 15 is 0 Å². The third-order valence-electron chi connectivity index (χ3n) is 2.27. The zero-order valence-corrected chi connectivity index (χ0v) is 9.60. The number of hydrogen-bond acceptors (Lipinski definition) is 1. The Bertz CT molecular complexity index is 120. The van der Waals surface area contributed by atoms with Crippen LogP contribution in [-0.2, 0) is 0 Å². The molecule has 0 radical (unpaired) electrons. The van der Waals surface area contributed by atoms with Crippen LogP contribution in [0.4, 0.5) is 8.78 Å². The van der Waals surface area contributed by atoms with Crippen LogP contribution in [0, 0.1) is 5.92 Å². The monoisotopic (exact) mass is 207 g/mol. The number of rotatable bonds is 2. The van der Waals surface area contributed by atoms with E-state index in [0.29, 0.717) is 0 Å². The maximum atomic E-state index is 11.9. The fourth-order valence-corrected chi connectivity index (χ4v) is 1.44. The van der Waals surface area contributed by atoms with Crippen molar-refractivity contribution >= 4 is 0 Å². The van der Waals surface area contributed by atoms with Crippen LogP contribution in [0.2, 0.25) is 0 Å². The predicted octanol–water partition coefficient (Wildman–Crippen LogP) is 3.40. The highest BCUT2D eigenvalue weighted by Gasteiger charge is 2.18. The molecule has 1 aliphatic rings. The molecule has 0 spiro atoms. The minimum absolute atomic E-state index is 0.0350. The van der Waals surface area contributed by atoms with Gasteiger partial charge in [-0.05, 0) is 31.8 Å². The van der Waals surface area contributed by atoms with Crippen molar-refractivity contribution in [3.63, 3.8) is 0 Å². The molecule has 0 aromatic rings. The van der Waals surface area contributed by atoms with E-state index in [4.69, 9.17) is 0 Å². The van der Waals surface area contributed by atoms with Gasteiger partial charge < -0.3 is 0 Å². The molecule has 3 heteroatoms. The molecule has 0 N–H and O–H groups in total. The Morgan fingerprint density at radius 3 is 2.00 bits per heavy atom. The minimum atomic E-state index is -2.16. The predicted molar refractivity (Wildman–Crippen MR) is 56.8 cm³/mol. The summed E-state index contributed by atoms with van der Waals surface area (Å²) >= 11 is 0. The molecule has 0 unspecified atom stereocenters. The summed E-state index contributed by atoms with van der Waals surface area (Å²) in [6.07, 6.45) is 1.24. The first kappa shape index (κ1) is 13.8. The molecule has 1 saturated heterocycles. The van der Waals surface area contributed by atoms with E-state index in [0.717, 1.165) is 31.8 Å². The molecular weight excluding hydrogens is 184 g/mol. The third-order valence-corrected chi connectivity index (χ3v) is 2.27. The summed E-state index contributed by atoms with van der Waals surface area (Å²) in [6, 6.07) is 0. The van der Waals surface area contributed by atoms with Gasteiger partial charge >= 0.3 is 0 Å². The molecule has 14 heavy (non-hydrogen) atoms. The summed E-state index contributed by atoms with van der Waals surface area (Å²) < 4.78 is 23.7. The summed E-state index contributed by atoms with van der Waals surface area (Å²) in [6.45, 7) is 8.10. The lowest BCUT2D eigenvalue weighted by atomic mass is 9.99. The Balaban J connectivity index is 0.000000500. The first-order valence-electron chi connectivity index (χ1n) is 5.60. The van der Waals surface area contributed by atoms with Crippen LogP contribution in [-0.4, -0.2) is 31.0 Å². The quantitative estimate of drug-likeness (QED) is 0.671. The lowest BCUT2D eigenvalue weighted by Gasteiger charge is -2.29. The van der Waals surface area contributed by atoms with E-state index < -0.39 is 6.43 Å². The molecule has 0 aromatic heterocycles. The fraction of sp³-hybridized carbons (Fsp3) is 1.00. The highest BCUT2D eigenvalue weighted by Crippen LogP contribution is 2.16. The number of nitrogens with zero attached hydrogens (tertiary/aromatic N) is 1. The van der Waals surface area contributed by atoms with Gasteiger partial charge in [-0.3, -0.25) is 4.90 Å². The highest BCUT2D eigenvalue weighted by molar-refractivity contribution is 4.69. The minimum Gasteiger partial charge on any atom is -0.298 e. The molecule has 1 nitrogen and oxygen atoms in total. The van der Waals surface area contributed by atoms with Crippen molar-refractivity contribution in [2.75, 3.05) is 19.6 Å². The third kappa shape index (κ3) is 7.25. The van der Waals surface area contributed by atoms with Crippen molar-refractivity contribution in [1.82, 2.24) is 4.90 Å². The zero-order chi connectivity index (χ0) is 11.0. The Hall–Kier alpha value is -0.180. The Morgan fingerprint density at radius 1 is 1.21 bits per heavy atom. The van der Waals surface area contributed by atoms with Crippen molar-refractivity contribution in [2.45, 2.75) is 46.5 Å². The smallest absolute Gasteiger partial charge is 0.251 e. The molecular formula is C11H23F2N. The van der Waals surface area contributed by atoms with E-state index in [2.05, 4.69) is 20.8 Å². The number of alkyl halides is 2. The largest absolute Gasteiger partial charge is 0.298 e. The van der Waals surface area contributed by atoms with Gasteiger partial charge in [0.25, 0.3) is 6.43 Å². The average molecular weight is 207 g/mol. The summed E-state index contributed by atoms with van der Waals surface area (Å²) in [7, 11) is 0. The molecule has 0 aromatic carbocycles. The molecule has 1 heterocycles. The molecule has 0 atom stereocenters. The van der Waals surface area contributed by atoms with Gasteiger partial charge in [0.15, 0.2) is 0 Å². The Kier molecular flexibility index (Phi) is 8.05. The first-order valence-corrected chi connectivity index (χ1v) is 5.60. The second-order valence-corrected chi connectivity index (χ2v) is 4.08. The first-order chi connectivity index (χ1) is 6.60. The van der Waals surface area contributed by atoms with Crippen LogP contribution < -0.4 is 0 Å². The topological polar surface area (TPSA) is 3.24 Å². The molecule has 0 bridgehead atoms. The fourth-order valence-electron chi connectivity index (χ4n) is 1.44. The summed E-state index contributed by atoms with van der Waals surface area (Å²) in [5.74, 6) is 0.726. The molecule has 1 rings (SSSR count). The van der Waals surface area contributed by atoms with Crippen LogP contribution in [0.25, 0.3) is 0 Å². The number of halogens is 2. The van der Waals surface area contributed by atoms with Crippen molar-refractivity contribution in [3.05, 3.63) is 0 Å². The van der Waals surface area contributed by atoms with Gasteiger partial charge in [0.05, 0.1) is 6.54 Å². The molecule has 0 amide bonds. The number of likely N-dealkylation sites (tertiary alicyclic amines) is 1. The van der Waals surface area contributed by atoms with Crippen LogP contribution in [0.5, 0.6) is 0 Å². The molecule has 86 valence electrons. The molecule has 1 fully saturated rings. The maximum absolute atomic E-state index is 11.9. The molecule has 1 aliphatic heterocycles. The maximum Gasteiger partial charge on any atom is 0.251 e. The van der Waals surface area contributed by atoms with Crippen molar-refractivity contribution in [2.24, 2.45) is 5.92 Å². The molecule has 0 aliphatic carbocycles. The van der Waals surface area contributed by atoms with E-state index in [1.807, 2.05) is 4.90 Å². The second kappa shape index (κ2) is 8.16. The summed E-state index contributed by atoms with van der Waals surface area (Å²) in [5.41, 5.74) is 0. The molecule has 0 saturated carbocycles. The Morgan fingerprint density at radius 2 is 1.64 bits per heavy atom. The average Bonchev–Trinajstić information content (AvgIpc) is 2.09. The standard InChI is InChI=1S/C8H15F2N.C3H8/c1-7-2-4-11(5-3-7)6-8(9)10;1-3-2/h7-8H,2-6H2,1H3;3H2,1-2H3. The van der Waals surface area contributed by atoms with E-state index in [1.165, 1.54) is 6.42 Å². The van der Waals surface area contributed by atoms with E-state index in [1.54, 1.807) is 0 Å². The van der Waals surface area contributed by atoms with Gasteiger partial charge in [-0.1, -0.05) is 27.2 Å². The van der Waals surface area contributed by atoms with Gasteiger partial charge in [0.1, 0.15) is 0 Å². The van der Waals surface area contributed by atoms with Crippen molar-refractivity contribution in [1.29, 1.82) is 0 Å². The zero-order valence-electron chi connectivity index (χ0n) is 9.60. The number of hydrogen-bond donors (Lipinski definition) is 0. The van der Waals surface area contributed by atoms with Crippen molar-refractivity contribution < 1.29 is 8.78 Å². The van der Waals surface area contributed by atoms with E-state index in [-0.39, 0.29) is 6.54 Å². The van der Waals surface area contributed by atoms with Gasteiger partial charge in [-0.15, -0.1) is 0 Å². The summed E-state index contributed by atoms with van der Waals surface area (Å²) in [5, 5.41) is 0. The normalized spacial score (nSPS) is 19.3.